The smallest absolute Gasteiger partial charge is 0.317 e. The Labute approximate surface area is 91.0 Å². The van der Waals surface area contributed by atoms with Crippen LogP contribution in [0.25, 0.3) is 0 Å². The van der Waals surface area contributed by atoms with Crippen LogP contribution in [0.3, 0.4) is 0 Å². The van der Waals surface area contributed by atoms with Gasteiger partial charge in [-0.3, -0.25) is 13.9 Å². The maximum absolute atomic E-state index is 11.9. The molecule has 88 valence electrons. The fourth-order valence-electron chi connectivity index (χ4n) is 2.04. The van der Waals surface area contributed by atoms with Crippen molar-refractivity contribution in [2.75, 3.05) is 0 Å². The summed E-state index contributed by atoms with van der Waals surface area (Å²) in [4.78, 5) is 20.6. The van der Waals surface area contributed by atoms with Gasteiger partial charge in [0, 0.05) is 5.92 Å². The van der Waals surface area contributed by atoms with E-state index in [1.807, 2.05) is 0 Å². The molecule has 0 bridgehead atoms. The van der Waals surface area contributed by atoms with Gasteiger partial charge in [-0.2, -0.15) is 0 Å². The monoisotopic (exact) mass is 234 g/mol. The predicted octanol–water partition coefficient (Wildman–Crippen LogP) is 2.17. The number of carbonyl (C=O) groups excluding carboxylic acids is 1. The topological polar surface area (TPSA) is 63.6 Å². The van der Waals surface area contributed by atoms with Crippen LogP contribution in [0.4, 0.5) is 0 Å². The molecule has 0 heterocycles. The van der Waals surface area contributed by atoms with Gasteiger partial charge in [0.1, 0.15) is 5.60 Å². The molecule has 1 rings (SSSR count). The summed E-state index contributed by atoms with van der Waals surface area (Å²) in [6.07, 6.45) is 2.89. The summed E-state index contributed by atoms with van der Waals surface area (Å²) in [6, 6.07) is 0. The van der Waals surface area contributed by atoms with Crippen LogP contribution in [-0.2, 0) is 13.9 Å². The van der Waals surface area contributed by atoms with Crippen molar-refractivity contribution in [3.8, 4) is 0 Å². The van der Waals surface area contributed by atoms with Gasteiger partial charge in [-0.25, -0.2) is 0 Å². The number of ketones is 1. The molecule has 1 atom stereocenters. The zero-order chi connectivity index (χ0) is 11.6. The lowest BCUT2D eigenvalue weighted by atomic mass is 9.69. The Hall–Kier alpha value is -0.180. The van der Waals surface area contributed by atoms with Crippen LogP contribution in [0.15, 0.2) is 0 Å². The van der Waals surface area contributed by atoms with Crippen molar-refractivity contribution >= 4 is 14.0 Å². The molecule has 1 N–H and O–H groups in total. The van der Waals surface area contributed by atoms with E-state index in [1.54, 1.807) is 13.8 Å². The van der Waals surface area contributed by atoms with Crippen molar-refractivity contribution in [1.82, 2.24) is 0 Å². The quantitative estimate of drug-likeness (QED) is 0.740. The van der Waals surface area contributed by atoms with Crippen LogP contribution in [0.2, 0.25) is 0 Å². The Bertz CT molecular complexity index is 269. The van der Waals surface area contributed by atoms with E-state index in [0.29, 0.717) is 5.92 Å². The average Bonchev–Trinajstić information content (AvgIpc) is 1.99. The minimum Gasteiger partial charge on any atom is -0.326 e. The molecule has 0 saturated heterocycles. The first-order valence-corrected chi connectivity index (χ1v) is 6.59. The molecule has 0 aromatic rings. The highest BCUT2D eigenvalue weighted by Crippen LogP contribution is 2.40. The lowest BCUT2D eigenvalue weighted by Gasteiger charge is -2.37. The summed E-state index contributed by atoms with van der Waals surface area (Å²) < 4.78 is 15.4. The van der Waals surface area contributed by atoms with Crippen molar-refractivity contribution in [1.29, 1.82) is 0 Å². The number of carbonyl (C=O) groups is 1. The van der Waals surface area contributed by atoms with Crippen molar-refractivity contribution in [3.63, 3.8) is 0 Å². The fraction of sp³-hybridized carbons (Fsp3) is 0.900. The maximum Gasteiger partial charge on any atom is 0.317 e. The second-order valence-electron chi connectivity index (χ2n) is 4.69. The Morgan fingerprint density at radius 2 is 2.07 bits per heavy atom. The van der Waals surface area contributed by atoms with Gasteiger partial charge in [0.25, 0.3) is 0 Å². The summed E-state index contributed by atoms with van der Waals surface area (Å²) in [5, 5.41) is 0. The standard InChI is InChI=1S/C10H19O4P/c1-4-7-5-8(6-7)9(11)10(2,3)14-15(12)13/h7-8,15H,4-6H2,1-3H3,(H,12,13). The van der Waals surface area contributed by atoms with E-state index in [1.165, 1.54) is 0 Å². The van der Waals surface area contributed by atoms with E-state index in [-0.39, 0.29) is 11.7 Å². The number of hydrogen-bond acceptors (Lipinski definition) is 3. The van der Waals surface area contributed by atoms with Gasteiger partial charge in [0.2, 0.25) is 0 Å². The highest BCUT2D eigenvalue weighted by molar-refractivity contribution is 7.32. The fourth-order valence-corrected chi connectivity index (χ4v) is 2.58. The molecule has 1 aliphatic rings. The Morgan fingerprint density at radius 3 is 2.47 bits per heavy atom. The number of rotatable bonds is 5. The number of hydrogen-bond donors (Lipinski definition) is 1. The van der Waals surface area contributed by atoms with Gasteiger partial charge in [-0.15, -0.1) is 0 Å². The molecule has 1 fully saturated rings. The molecule has 1 aliphatic carbocycles. The Morgan fingerprint density at radius 1 is 1.53 bits per heavy atom. The van der Waals surface area contributed by atoms with E-state index in [2.05, 4.69) is 6.92 Å². The Kier molecular flexibility index (Phi) is 4.10. The molecule has 0 aliphatic heterocycles. The molecular weight excluding hydrogens is 215 g/mol. The molecule has 0 aromatic carbocycles. The lowest BCUT2D eigenvalue weighted by Crippen LogP contribution is -2.43. The minimum absolute atomic E-state index is 0.0197. The summed E-state index contributed by atoms with van der Waals surface area (Å²) in [5.41, 5.74) is -1.12. The molecule has 0 spiro atoms. The molecule has 15 heavy (non-hydrogen) atoms. The average molecular weight is 234 g/mol. The third kappa shape index (κ3) is 3.13. The zero-order valence-corrected chi connectivity index (χ0v) is 10.4. The van der Waals surface area contributed by atoms with Crippen LogP contribution >= 0.6 is 8.25 Å². The van der Waals surface area contributed by atoms with Crippen LogP contribution in [0.1, 0.15) is 40.0 Å². The zero-order valence-electron chi connectivity index (χ0n) is 9.45. The molecule has 1 saturated carbocycles. The molecule has 0 radical (unpaired) electrons. The predicted molar refractivity (Wildman–Crippen MR) is 57.9 cm³/mol. The molecule has 5 heteroatoms. The third-order valence-electron chi connectivity index (χ3n) is 3.12. The van der Waals surface area contributed by atoms with Crippen LogP contribution in [0.5, 0.6) is 0 Å². The second-order valence-corrected chi connectivity index (χ2v) is 5.42. The van der Waals surface area contributed by atoms with Crippen LogP contribution in [-0.4, -0.2) is 16.3 Å². The van der Waals surface area contributed by atoms with E-state index in [4.69, 9.17) is 9.42 Å². The lowest BCUT2D eigenvalue weighted by molar-refractivity contribution is -0.140. The van der Waals surface area contributed by atoms with Gasteiger partial charge in [-0.05, 0) is 32.6 Å². The summed E-state index contributed by atoms with van der Waals surface area (Å²) in [7, 11) is -3.04. The normalized spacial score (nSPS) is 28.3. The van der Waals surface area contributed by atoms with Crippen molar-refractivity contribution < 1.29 is 18.8 Å². The Balaban J connectivity index is 2.50. The number of Topliss-reactive ketones (excluding diaryl/α,β-unsaturated/α-hetero) is 1. The molecule has 0 amide bonds. The van der Waals surface area contributed by atoms with Gasteiger partial charge in [-0.1, -0.05) is 13.3 Å². The van der Waals surface area contributed by atoms with E-state index in [0.717, 1.165) is 19.3 Å². The third-order valence-corrected chi connectivity index (χ3v) is 3.80. The van der Waals surface area contributed by atoms with Crippen LogP contribution < -0.4 is 0 Å². The van der Waals surface area contributed by atoms with E-state index < -0.39 is 13.9 Å². The van der Waals surface area contributed by atoms with Gasteiger partial charge in [0.15, 0.2) is 5.78 Å². The highest BCUT2D eigenvalue weighted by Gasteiger charge is 2.41. The second kappa shape index (κ2) is 4.77. The summed E-state index contributed by atoms with van der Waals surface area (Å²) in [5.74, 6) is 0.617. The van der Waals surface area contributed by atoms with Crippen molar-refractivity contribution in [2.24, 2.45) is 11.8 Å². The van der Waals surface area contributed by atoms with Crippen molar-refractivity contribution in [2.45, 2.75) is 45.6 Å². The van der Waals surface area contributed by atoms with E-state index >= 15 is 0 Å². The maximum atomic E-state index is 11.9. The SMILES string of the molecule is CCC1CC(C(=O)C(C)(C)O[PH](=O)O)C1. The molecule has 4 nitrogen and oxygen atoms in total. The van der Waals surface area contributed by atoms with E-state index in [9.17, 15) is 9.36 Å². The first-order valence-electron chi connectivity index (χ1n) is 5.33. The van der Waals surface area contributed by atoms with Gasteiger partial charge >= 0.3 is 8.25 Å². The molecular formula is C10H19O4P. The molecule has 1 unspecified atom stereocenters. The first kappa shape index (κ1) is 12.9. The largest absolute Gasteiger partial charge is 0.326 e. The van der Waals surface area contributed by atoms with Crippen molar-refractivity contribution in [3.05, 3.63) is 0 Å². The summed E-state index contributed by atoms with van der Waals surface area (Å²) >= 11 is 0. The first-order chi connectivity index (χ1) is 6.86. The van der Waals surface area contributed by atoms with Crippen LogP contribution in [0, 0.1) is 11.8 Å². The highest BCUT2D eigenvalue weighted by atomic mass is 31.1. The van der Waals surface area contributed by atoms with Gasteiger partial charge in [0.05, 0.1) is 0 Å². The molecule has 0 aromatic heterocycles. The van der Waals surface area contributed by atoms with Gasteiger partial charge < -0.3 is 4.89 Å². The minimum atomic E-state index is -3.04. The summed E-state index contributed by atoms with van der Waals surface area (Å²) in [6.45, 7) is 5.24.